The van der Waals surface area contributed by atoms with Crippen molar-refractivity contribution in [1.82, 2.24) is 19.5 Å². The van der Waals surface area contributed by atoms with Crippen LogP contribution in [0.2, 0.25) is 0 Å². The van der Waals surface area contributed by atoms with Crippen molar-refractivity contribution in [3.8, 4) is 0 Å². The third kappa shape index (κ3) is 3.09. The molecule has 0 bridgehead atoms. The van der Waals surface area contributed by atoms with Crippen LogP contribution in [-0.4, -0.2) is 67.7 Å². The number of methoxy groups -OCH3 is 1. The summed E-state index contributed by atoms with van der Waals surface area (Å²) in [5.74, 6) is -0.618. The Labute approximate surface area is 148 Å². The molecule has 2 aromatic heterocycles. The van der Waals surface area contributed by atoms with E-state index in [-0.39, 0.29) is 28.9 Å². The first kappa shape index (κ1) is 18.5. The predicted octanol–water partition coefficient (Wildman–Crippen LogP) is -1.02. The summed E-state index contributed by atoms with van der Waals surface area (Å²) >= 11 is 0. The van der Waals surface area contributed by atoms with Crippen molar-refractivity contribution in [2.45, 2.75) is 38.4 Å². The summed E-state index contributed by atoms with van der Waals surface area (Å²) in [4.78, 5) is 34.8. The van der Waals surface area contributed by atoms with Gasteiger partial charge in [0.1, 0.15) is 18.3 Å². The zero-order valence-corrected chi connectivity index (χ0v) is 14.5. The minimum Gasteiger partial charge on any atom is -0.394 e. The lowest BCUT2D eigenvalue weighted by molar-refractivity contribution is -0.118. The Morgan fingerprint density at radius 2 is 2.27 bits per heavy atom. The van der Waals surface area contributed by atoms with E-state index in [4.69, 9.17) is 9.47 Å². The number of nitrogens with one attached hydrogen (secondary N) is 2. The lowest BCUT2D eigenvalue weighted by Gasteiger charge is -2.20. The number of aromatic nitrogens is 4. The zero-order valence-electron chi connectivity index (χ0n) is 14.5. The molecule has 4 N–H and O–H groups in total. The number of aromatic amines is 1. The van der Waals surface area contributed by atoms with E-state index in [9.17, 15) is 19.8 Å². The van der Waals surface area contributed by atoms with Crippen LogP contribution in [0.1, 0.15) is 20.1 Å². The molecule has 0 aromatic carbocycles. The number of aliphatic hydroxyl groups is 2. The van der Waals surface area contributed by atoms with E-state index >= 15 is 0 Å². The van der Waals surface area contributed by atoms with E-state index in [0.29, 0.717) is 0 Å². The number of rotatable bonds is 5. The molecular formula is C15H21N5O6. The topological polar surface area (TPSA) is 152 Å². The minimum absolute atomic E-state index is 0.0193. The summed E-state index contributed by atoms with van der Waals surface area (Å²) in [5.41, 5.74) is -0.322. The molecule has 11 nitrogen and oxygen atoms in total. The number of carbonyl (C=O) groups excluding carboxylic acids is 1. The Morgan fingerprint density at radius 1 is 1.54 bits per heavy atom. The first-order chi connectivity index (χ1) is 12.4. The second kappa shape index (κ2) is 7.11. The molecule has 2 aromatic rings. The molecule has 1 saturated heterocycles. The van der Waals surface area contributed by atoms with Gasteiger partial charge in [0.05, 0.1) is 12.9 Å². The minimum atomic E-state index is -1.06. The number of nitrogens with zero attached hydrogens (tertiary/aromatic N) is 3. The predicted molar refractivity (Wildman–Crippen MR) is 89.4 cm³/mol. The van der Waals surface area contributed by atoms with Gasteiger partial charge in [0.15, 0.2) is 17.4 Å². The molecule has 0 radical (unpaired) electrons. The van der Waals surface area contributed by atoms with Gasteiger partial charge in [0.2, 0.25) is 11.9 Å². The van der Waals surface area contributed by atoms with Crippen LogP contribution in [0.15, 0.2) is 11.1 Å². The van der Waals surface area contributed by atoms with Crippen molar-refractivity contribution in [3.05, 3.63) is 16.7 Å². The zero-order chi connectivity index (χ0) is 19.0. The maximum Gasteiger partial charge on any atom is 0.280 e. The van der Waals surface area contributed by atoms with E-state index in [0.717, 1.165) is 0 Å². The fraction of sp³-hybridized carbons (Fsp3) is 0.600. The number of hydrogen-bond donors (Lipinski definition) is 4. The first-order valence-electron chi connectivity index (χ1n) is 8.12. The van der Waals surface area contributed by atoms with Crippen LogP contribution in [0.4, 0.5) is 5.95 Å². The normalized spacial score (nSPS) is 25.9. The van der Waals surface area contributed by atoms with Gasteiger partial charge in [0.25, 0.3) is 5.56 Å². The summed E-state index contributed by atoms with van der Waals surface area (Å²) < 4.78 is 12.3. The lowest BCUT2D eigenvalue weighted by atomic mass is 10.1. The van der Waals surface area contributed by atoms with Crippen molar-refractivity contribution in [1.29, 1.82) is 0 Å². The Balaban J connectivity index is 2.03. The van der Waals surface area contributed by atoms with E-state index < -0.39 is 36.7 Å². The van der Waals surface area contributed by atoms with Crippen molar-refractivity contribution >= 4 is 23.0 Å². The molecule has 0 spiro atoms. The maximum absolute atomic E-state index is 12.2. The fourth-order valence-electron chi connectivity index (χ4n) is 2.78. The van der Waals surface area contributed by atoms with Crippen molar-refractivity contribution in [2.75, 3.05) is 19.0 Å². The summed E-state index contributed by atoms with van der Waals surface area (Å²) in [6, 6.07) is 0. The quantitative estimate of drug-likeness (QED) is 0.524. The van der Waals surface area contributed by atoms with E-state index in [1.54, 1.807) is 13.8 Å². The highest BCUT2D eigenvalue weighted by Gasteiger charge is 2.45. The smallest absolute Gasteiger partial charge is 0.280 e. The molecular weight excluding hydrogens is 346 g/mol. The second-order valence-corrected chi connectivity index (χ2v) is 6.32. The number of aliphatic hydroxyl groups excluding tert-OH is 2. The van der Waals surface area contributed by atoms with Crippen LogP contribution in [0.3, 0.4) is 0 Å². The first-order valence-corrected chi connectivity index (χ1v) is 8.12. The molecule has 1 amide bonds. The number of carbonyl (C=O) groups is 1. The Hall–Kier alpha value is -2.34. The molecule has 4 unspecified atom stereocenters. The summed E-state index contributed by atoms with van der Waals surface area (Å²) in [6.07, 6.45) is -2.21. The number of amides is 1. The number of hydrogen-bond acceptors (Lipinski definition) is 8. The van der Waals surface area contributed by atoms with Gasteiger partial charge in [0, 0.05) is 13.0 Å². The van der Waals surface area contributed by atoms with Crippen molar-refractivity contribution in [3.63, 3.8) is 0 Å². The highest BCUT2D eigenvalue weighted by molar-refractivity contribution is 5.91. The molecule has 0 aliphatic carbocycles. The van der Waals surface area contributed by atoms with Gasteiger partial charge in [-0.05, 0) is 0 Å². The third-order valence-corrected chi connectivity index (χ3v) is 4.24. The molecule has 4 atom stereocenters. The molecule has 11 heteroatoms. The van der Waals surface area contributed by atoms with Gasteiger partial charge in [-0.2, -0.15) is 4.98 Å². The molecule has 26 heavy (non-hydrogen) atoms. The number of imidazole rings is 1. The van der Waals surface area contributed by atoms with Gasteiger partial charge in [-0.15, -0.1) is 0 Å². The molecule has 1 aliphatic rings. The van der Waals surface area contributed by atoms with E-state index in [1.165, 1.54) is 18.0 Å². The molecule has 3 rings (SSSR count). The molecule has 142 valence electrons. The van der Waals surface area contributed by atoms with Gasteiger partial charge in [-0.25, -0.2) is 4.98 Å². The standard InChI is InChI=1S/C15H21N5O6/c1-6(2)12(23)18-15-17-11-8(13(24)19-15)16-5-20(11)14-10(25-3)9(22)7(4-21)26-14/h5-7,9-10,14,21-22H,4H2,1-3H3,(H2,17,18,19,23,24). The van der Waals surface area contributed by atoms with Gasteiger partial charge in [-0.3, -0.25) is 24.5 Å². The number of anilines is 1. The summed E-state index contributed by atoms with van der Waals surface area (Å²) in [5, 5.41) is 22.1. The number of H-pyrrole nitrogens is 1. The van der Waals surface area contributed by atoms with E-state index in [2.05, 4.69) is 20.3 Å². The second-order valence-electron chi connectivity index (χ2n) is 6.32. The highest BCUT2D eigenvalue weighted by atomic mass is 16.6. The Morgan fingerprint density at radius 3 is 2.88 bits per heavy atom. The lowest BCUT2D eigenvalue weighted by Crippen LogP contribution is -2.34. The van der Waals surface area contributed by atoms with Crippen LogP contribution in [0.5, 0.6) is 0 Å². The van der Waals surface area contributed by atoms with Crippen LogP contribution >= 0.6 is 0 Å². The average Bonchev–Trinajstić information content (AvgIpc) is 3.15. The SMILES string of the molecule is COC1C(O)C(CO)OC1n1cnc2c(=O)[nH]c(NC(=O)C(C)C)nc21. The van der Waals surface area contributed by atoms with Crippen LogP contribution in [-0.2, 0) is 14.3 Å². The van der Waals surface area contributed by atoms with Gasteiger partial charge < -0.3 is 19.7 Å². The number of ether oxygens (including phenoxy) is 2. The largest absolute Gasteiger partial charge is 0.394 e. The van der Waals surface area contributed by atoms with Crippen LogP contribution in [0, 0.1) is 5.92 Å². The summed E-state index contributed by atoms with van der Waals surface area (Å²) in [7, 11) is 1.40. The van der Waals surface area contributed by atoms with Crippen LogP contribution in [0.25, 0.3) is 11.2 Å². The molecule has 1 fully saturated rings. The summed E-state index contributed by atoms with van der Waals surface area (Å²) in [6.45, 7) is 3.03. The molecule has 0 saturated carbocycles. The van der Waals surface area contributed by atoms with Crippen LogP contribution < -0.4 is 10.9 Å². The maximum atomic E-state index is 12.2. The number of fused-ring (bicyclic) bond motifs is 1. The Kier molecular flexibility index (Phi) is 5.05. The average molecular weight is 367 g/mol. The van der Waals surface area contributed by atoms with E-state index in [1.807, 2.05) is 0 Å². The molecule has 1 aliphatic heterocycles. The monoisotopic (exact) mass is 367 g/mol. The van der Waals surface area contributed by atoms with Gasteiger partial charge >= 0.3 is 0 Å². The third-order valence-electron chi connectivity index (χ3n) is 4.24. The van der Waals surface area contributed by atoms with Crippen molar-refractivity contribution in [2.24, 2.45) is 5.92 Å². The van der Waals surface area contributed by atoms with Crippen molar-refractivity contribution < 1.29 is 24.5 Å². The fourth-order valence-corrected chi connectivity index (χ4v) is 2.78. The molecule has 3 heterocycles. The van der Waals surface area contributed by atoms with Gasteiger partial charge in [-0.1, -0.05) is 13.8 Å². The highest BCUT2D eigenvalue weighted by Crippen LogP contribution is 2.32. The Bertz CT molecular complexity index is 862.